The number of methoxy groups -OCH3 is 2. The maximum atomic E-state index is 13.3. The highest BCUT2D eigenvalue weighted by Crippen LogP contribution is 2.37. The van der Waals surface area contributed by atoms with Crippen LogP contribution in [0.2, 0.25) is 0 Å². The number of nitriles is 1. The zero-order valence-corrected chi connectivity index (χ0v) is 21.4. The molecular weight excluding hydrogens is 454 g/mol. The van der Waals surface area contributed by atoms with Gasteiger partial charge in [-0.1, -0.05) is 42.5 Å². The summed E-state index contributed by atoms with van der Waals surface area (Å²) >= 11 is 0. The maximum Gasteiger partial charge on any atom is 0.255 e. The number of para-hydroxylation sites is 1. The number of nitrogens with one attached hydrogen (secondary N) is 2. The highest BCUT2D eigenvalue weighted by atomic mass is 16.5. The predicted molar refractivity (Wildman–Crippen MR) is 141 cm³/mol. The number of carbonyl (C=O) groups is 1. The normalized spacial score (nSPS) is 18.6. The third-order valence-electron chi connectivity index (χ3n) is 6.73. The molecule has 0 aliphatic heterocycles. The van der Waals surface area contributed by atoms with E-state index in [1.165, 1.54) is 0 Å². The number of benzene rings is 2. The molecule has 1 aliphatic carbocycles. The first-order valence-electron chi connectivity index (χ1n) is 12.6. The van der Waals surface area contributed by atoms with Gasteiger partial charge in [-0.3, -0.25) is 15.1 Å². The molecule has 1 atom stereocenters. The van der Waals surface area contributed by atoms with Gasteiger partial charge in [-0.15, -0.1) is 0 Å². The number of carbonyl (C=O) groups excluding carboxylic acids is 1. The SMILES string of the molecule is CCN=C(NC#N)N(CCOC)C1CCC(C(NC(=O)c2ccccc2OC)c2ccccc2)CC1. The van der Waals surface area contributed by atoms with Crippen LogP contribution in [-0.2, 0) is 4.74 Å². The molecule has 0 spiro atoms. The molecule has 192 valence electrons. The molecule has 0 saturated heterocycles. The topological polar surface area (TPSA) is 99.0 Å². The lowest BCUT2D eigenvalue weighted by molar-refractivity contribution is 0.0892. The van der Waals surface area contributed by atoms with Gasteiger partial charge in [0.2, 0.25) is 5.96 Å². The molecule has 1 fully saturated rings. The quantitative estimate of drug-likeness (QED) is 0.225. The number of nitrogens with zero attached hydrogens (tertiary/aromatic N) is 3. The molecule has 3 rings (SSSR count). The summed E-state index contributed by atoms with van der Waals surface area (Å²) in [6.45, 7) is 3.76. The molecular formula is C28H37N5O3. The van der Waals surface area contributed by atoms with Gasteiger partial charge < -0.3 is 19.7 Å². The van der Waals surface area contributed by atoms with Gasteiger partial charge in [0.05, 0.1) is 25.3 Å². The second kappa shape index (κ2) is 14.1. The minimum atomic E-state index is -0.138. The molecule has 2 aromatic carbocycles. The number of aliphatic imine (C=N–C) groups is 1. The van der Waals surface area contributed by atoms with Crippen molar-refractivity contribution in [3.8, 4) is 11.9 Å². The van der Waals surface area contributed by atoms with Crippen molar-refractivity contribution < 1.29 is 14.3 Å². The zero-order valence-electron chi connectivity index (χ0n) is 21.4. The van der Waals surface area contributed by atoms with Crippen LogP contribution in [-0.4, -0.2) is 56.7 Å². The molecule has 1 saturated carbocycles. The van der Waals surface area contributed by atoms with Crippen molar-refractivity contribution in [2.45, 2.75) is 44.7 Å². The van der Waals surface area contributed by atoms with Crippen LogP contribution in [0.15, 0.2) is 59.6 Å². The van der Waals surface area contributed by atoms with Crippen molar-refractivity contribution in [2.75, 3.05) is 33.9 Å². The number of rotatable bonds is 10. The van der Waals surface area contributed by atoms with Crippen LogP contribution in [0.3, 0.4) is 0 Å². The molecule has 2 aromatic rings. The van der Waals surface area contributed by atoms with Gasteiger partial charge >= 0.3 is 0 Å². The van der Waals surface area contributed by atoms with Crippen LogP contribution in [0.5, 0.6) is 5.75 Å². The number of hydrogen-bond donors (Lipinski definition) is 2. The van der Waals surface area contributed by atoms with Crippen LogP contribution in [0.4, 0.5) is 0 Å². The summed E-state index contributed by atoms with van der Waals surface area (Å²) in [6, 6.07) is 17.6. The van der Waals surface area contributed by atoms with Crippen molar-refractivity contribution in [2.24, 2.45) is 10.9 Å². The van der Waals surface area contributed by atoms with E-state index in [9.17, 15) is 10.1 Å². The number of guanidine groups is 1. The van der Waals surface area contributed by atoms with E-state index in [2.05, 4.69) is 32.7 Å². The van der Waals surface area contributed by atoms with E-state index in [-0.39, 0.29) is 23.9 Å². The van der Waals surface area contributed by atoms with Crippen molar-refractivity contribution in [1.29, 1.82) is 5.26 Å². The monoisotopic (exact) mass is 491 g/mol. The van der Waals surface area contributed by atoms with Gasteiger partial charge in [-0.2, -0.15) is 5.26 Å². The fraction of sp³-hybridized carbons (Fsp3) is 0.464. The van der Waals surface area contributed by atoms with E-state index in [4.69, 9.17) is 9.47 Å². The van der Waals surface area contributed by atoms with Crippen molar-refractivity contribution in [3.05, 3.63) is 65.7 Å². The van der Waals surface area contributed by atoms with Crippen LogP contribution in [0.1, 0.15) is 54.6 Å². The van der Waals surface area contributed by atoms with E-state index in [0.29, 0.717) is 37.0 Å². The predicted octanol–water partition coefficient (Wildman–Crippen LogP) is 4.12. The van der Waals surface area contributed by atoms with Crippen LogP contribution in [0, 0.1) is 17.4 Å². The largest absolute Gasteiger partial charge is 0.496 e. The summed E-state index contributed by atoms with van der Waals surface area (Å²) < 4.78 is 10.7. The maximum absolute atomic E-state index is 13.3. The van der Waals surface area contributed by atoms with E-state index in [1.54, 1.807) is 26.4 Å². The first-order chi connectivity index (χ1) is 17.6. The first-order valence-corrected chi connectivity index (χ1v) is 12.6. The number of hydrogen-bond acceptors (Lipinski definition) is 5. The Morgan fingerprint density at radius 1 is 1.11 bits per heavy atom. The Kier molecular flexibility index (Phi) is 10.6. The molecule has 0 radical (unpaired) electrons. The second-order valence-corrected chi connectivity index (χ2v) is 8.85. The summed E-state index contributed by atoms with van der Waals surface area (Å²) in [5.74, 6) is 1.31. The summed E-state index contributed by atoms with van der Waals surface area (Å²) in [4.78, 5) is 20.0. The van der Waals surface area contributed by atoms with E-state index in [1.807, 2.05) is 43.4 Å². The Hall–Kier alpha value is -3.57. The molecule has 1 unspecified atom stereocenters. The molecule has 8 nitrogen and oxygen atoms in total. The van der Waals surface area contributed by atoms with Gasteiger partial charge in [0, 0.05) is 26.2 Å². The lowest BCUT2D eigenvalue weighted by atomic mass is 9.78. The Balaban J connectivity index is 1.78. The Morgan fingerprint density at radius 2 is 1.81 bits per heavy atom. The van der Waals surface area contributed by atoms with Crippen LogP contribution < -0.4 is 15.4 Å². The average Bonchev–Trinajstić information content (AvgIpc) is 2.93. The smallest absolute Gasteiger partial charge is 0.255 e. The molecule has 0 aromatic heterocycles. The minimum Gasteiger partial charge on any atom is -0.496 e. The fourth-order valence-electron chi connectivity index (χ4n) is 4.98. The van der Waals surface area contributed by atoms with Gasteiger partial charge in [0.1, 0.15) is 5.75 Å². The third-order valence-corrected chi connectivity index (χ3v) is 6.73. The lowest BCUT2D eigenvalue weighted by Gasteiger charge is -2.40. The molecule has 36 heavy (non-hydrogen) atoms. The highest BCUT2D eigenvalue weighted by Gasteiger charge is 2.33. The average molecular weight is 492 g/mol. The van der Waals surface area contributed by atoms with Crippen LogP contribution in [0.25, 0.3) is 0 Å². The lowest BCUT2D eigenvalue weighted by Crippen LogP contribution is -2.49. The minimum absolute atomic E-state index is 0.113. The molecule has 0 bridgehead atoms. The first kappa shape index (κ1) is 27.0. The van der Waals surface area contributed by atoms with E-state index < -0.39 is 0 Å². The van der Waals surface area contributed by atoms with Gasteiger partial charge in [0.15, 0.2) is 6.19 Å². The summed E-state index contributed by atoms with van der Waals surface area (Å²) in [5.41, 5.74) is 1.63. The molecule has 1 aliphatic rings. The molecule has 0 heterocycles. The zero-order chi connectivity index (χ0) is 25.8. The Labute approximate surface area is 214 Å². The Morgan fingerprint density at radius 3 is 2.44 bits per heavy atom. The highest BCUT2D eigenvalue weighted by molar-refractivity contribution is 5.97. The van der Waals surface area contributed by atoms with Gasteiger partial charge in [-0.25, -0.2) is 0 Å². The summed E-state index contributed by atoms with van der Waals surface area (Å²) in [6.07, 6.45) is 5.75. The molecule has 2 N–H and O–H groups in total. The van der Waals surface area contributed by atoms with Gasteiger partial charge in [-0.05, 0) is 56.2 Å². The van der Waals surface area contributed by atoms with Crippen molar-refractivity contribution in [1.82, 2.24) is 15.5 Å². The van der Waals surface area contributed by atoms with E-state index in [0.717, 1.165) is 31.2 Å². The second-order valence-electron chi connectivity index (χ2n) is 8.85. The Bertz CT molecular complexity index is 1030. The van der Waals surface area contributed by atoms with Crippen molar-refractivity contribution >= 4 is 11.9 Å². The number of ether oxygens (including phenoxy) is 2. The molecule has 8 heteroatoms. The van der Waals surface area contributed by atoms with Gasteiger partial charge in [0.25, 0.3) is 5.91 Å². The summed E-state index contributed by atoms with van der Waals surface area (Å²) in [5, 5.41) is 15.3. The molecule has 1 amide bonds. The fourth-order valence-corrected chi connectivity index (χ4v) is 4.98. The van der Waals surface area contributed by atoms with E-state index >= 15 is 0 Å². The van der Waals surface area contributed by atoms with Crippen molar-refractivity contribution in [3.63, 3.8) is 0 Å². The number of amides is 1. The third kappa shape index (κ3) is 6.98. The summed E-state index contributed by atoms with van der Waals surface area (Å²) in [7, 11) is 3.26. The standard InChI is InChI=1S/C28H37N5O3/c1-4-30-28(31-20-29)33(18-19-35-2)23-16-14-22(15-17-23)26(21-10-6-5-7-11-21)32-27(34)24-12-8-9-13-25(24)36-3/h5-13,22-23,26H,4,14-19H2,1-3H3,(H,30,31)(H,32,34). The van der Waals surface area contributed by atoms with Crippen LogP contribution >= 0.6 is 0 Å².